The number of thiazole rings is 1. The van der Waals surface area contributed by atoms with Gasteiger partial charge in [-0.2, -0.15) is 0 Å². The van der Waals surface area contributed by atoms with E-state index in [1.807, 2.05) is 42.5 Å². The monoisotopic (exact) mass is 344 g/mol. The lowest BCUT2D eigenvalue weighted by Crippen LogP contribution is -2.25. The van der Waals surface area contributed by atoms with Gasteiger partial charge in [-0.15, -0.1) is 11.3 Å². The zero-order valence-corrected chi connectivity index (χ0v) is 14.5. The van der Waals surface area contributed by atoms with Crippen molar-refractivity contribution in [2.24, 2.45) is 0 Å². The van der Waals surface area contributed by atoms with Crippen LogP contribution in [0.3, 0.4) is 0 Å². The van der Waals surface area contributed by atoms with Crippen molar-refractivity contribution >= 4 is 39.2 Å². The van der Waals surface area contributed by atoms with Gasteiger partial charge in [0.2, 0.25) is 0 Å². The Morgan fingerprint density at radius 1 is 1.22 bits per heavy atom. The van der Waals surface area contributed by atoms with Crippen LogP contribution in [0.5, 0.6) is 0 Å². The maximum absolute atomic E-state index is 12.0. The van der Waals surface area contributed by atoms with E-state index < -0.39 is 0 Å². The minimum atomic E-state index is -0.155. The van der Waals surface area contributed by atoms with Gasteiger partial charge in [-0.05, 0) is 29.8 Å². The molecule has 0 bridgehead atoms. The van der Waals surface area contributed by atoms with Crippen LogP contribution in [0.2, 0.25) is 0 Å². The molecular weight excluding hydrogens is 328 g/mol. The van der Waals surface area contributed by atoms with Crippen molar-refractivity contribution in [2.45, 2.75) is 10.1 Å². The molecule has 3 aromatic rings. The maximum atomic E-state index is 12.0. The normalized spacial score (nSPS) is 10.9. The number of nitrogens with zero attached hydrogens (tertiary/aromatic N) is 2. The third-order valence-electron chi connectivity index (χ3n) is 3.40. The Morgan fingerprint density at radius 2 is 1.96 bits per heavy atom. The summed E-state index contributed by atoms with van der Waals surface area (Å²) in [5, 5.41) is 1.21. The Labute approximate surface area is 143 Å². The lowest BCUT2D eigenvalue weighted by atomic mass is 10.1. The molecule has 0 aliphatic carbocycles. The Balaban J connectivity index is 1.65. The molecule has 1 aromatic heterocycles. The molecule has 4 nitrogen and oxygen atoms in total. The van der Waals surface area contributed by atoms with E-state index in [9.17, 15) is 4.79 Å². The molecule has 0 fully saturated rings. The second kappa shape index (κ2) is 7.12. The van der Waals surface area contributed by atoms with Gasteiger partial charge in [-0.25, -0.2) is 10.0 Å². The highest BCUT2D eigenvalue weighted by atomic mass is 32.2. The fourth-order valence-electron chi connectivity index (χ4n) is 2.07. The summed E-state index contributed by atoms with van der Waals surface area (Å²) in [7, 11) is 3.07. The summed E-state index contributed by atoms with van der Waals surface area (Å²) in [6.45, 7) is 0. The molecule has 0 radical (unpaired) electrons. The first-order valence-corrected chi connectivity index (χ1v) is 8.87. The maximum Gasteiger partial charge on any atom is 0.277 e. The third kappa shape index (κ3) is 3.72. The van der Waals surface area contributed by atoms with Crippen LogP contribution in [0.25, 0.3) is 10.2 Å². The van der Waals surface area contributed by atoms with E-state index in [-0.39, 0.29) is 5.91 Å². The van der Waals surface area contributed by atoms with E-state index in [1.165, 1.54) is 16.9 Å². The number of para-hydroxylation sites is 1. The number of aromatic nitrogens is 1. The summed E-state index contributed by atoms with van der Waals surface area (Å²) in [4.78, 5) is 21.5. The smallest absolute Gasteiger partial charge is 0.274 e. The molecule has 0 N–H and O–H groups in total. The average molecular weight is 344 g/mol. The quantitative estimate of drug-likeness (QED) is 0.513. The Bertz CT molecular complexity index is 782. The molecular formula is C17H16N2O2S2. The van der Waals surface area contributed by atoms with Crippen molar-refractivity contribution in [3.63, 3.8) is 0 Å². The lowest BCUT2D eigenvalue weighted by molar-refractivity contribution is -0.0756. The van der Waals surface area contributed by atoms with Crippen LogP contribution in [0.15, 0.2) is 52.9 Å². The fraction of sp³-hybridized carbons (Fsp3) is 0.176. The molecule has 6 heteroatoms. The number of carbonyl (C=O) groups excluding carboxylic acids is 1. The van der Waals surface area contributed by atoms with E-state index in [2.05, 4.69) is 11.1 Å². The summed E-state index contributed by atoms with van der Waals surface area (Å²) in [6, 6.07) is 15.7. The summed E-state index contributed by atoms with van der Waals surface area (Å²) < 4.78 is 2.27. The van der Waals surface area contributed by atoms with E-state index in [0.717, 1.165) is 21.2 Å². The van der Waals surface area contributed by atoms with Gasteiger partial charge in [0.1, 0.15) is 0 Å². The van der Waals surface area contributed by atoms with Crippen LogP contribution < -0.4 is 0 Å². The largest absolute Gasteiger partial charge is 0.277 e. The van der Waals surface area contributed by atoms with Crippen molar-refractivity contribution < 1.29 is 9.63 Å². The van der Waals surface area contributed by atoms with Crippen molar-refractivity contribution in [1.82, 2.24) is 10.0 Å². The Hall–Kier alpha value is -1.89. The van der Waals surface area contributed by atoms with Crippen LogP contribution >= 0.6 is 23.1 Å². The number of hydrogen-bond donors (Lipinski definition) is 0. The molecule has 1 heterocycles. The first-order valence-electron chi connectivity index (χ1n) is 7.07. The highest BCUT2D eigenvalue weighted by molar-refractivity contribution is 8.00. The molecule has 0 atom stereocenters. The number of carbonyl (C=O) groups is 1. The van der Waals surface area contributed by atoms with Crippen LogP contribution in [0.1, 0.15) is 15.9 Å². The molecule has 3 rings (SSSR count). The van der Waals surface area contributed by atoms with E-state index in [4.69, 9.17) is 4.84 Å². The summed E-state index contributed by atoms with van der Waals surface area (Å²) >= 11 is 3.42. The minimum absolute atomic E-state index is 0.155. The van der Waals surface area contributed by atoms with E-state index in [1.54, 1.807) is 30.1 Å². The zero-order valence-electron chi connectivity index (χ0n) is 12.9. The first-order chi connectivity index (χ1) is 11.2. The minimum Gasteiger partial charge on any atom is -0.274 e. The second-order valence-corrected chi connectivity index (χ2v) is 7.17. The fourth-order valence-corrected chi connectivity index (χ4v) is 4.09. The number of fused-ring (bicyclic) bond motifs is 1. The average Bonchev–Trinajstić information content (AvgIpc) is 3.02. The van der Waals surface area contributed by atoms with Gasteiger partial charge in [-0.1, -0.05) is 36.0 Å². The number of hydrogen-bond acceptors (Lipinski definition) is 5. The highest BCUT2D eigenvalue weighted by Gasteiger charge is 2.11. The Morgan fingerprint density at radius 3 is 2.65 bits per heavy atom. The molecule has 118 valence electrons. The topological polar surface area (TPSA) is 42.4 Å². The van der Waals surface area contributed by atoms with Crippen molar-refractivity contribution in [2.75, 3.05) is 14.2 Å². The summed E-state index contributed by atoms with van der Waals surface area (Å²) in [6.07, 6.45) is 0. The highest BCUT2D eigenvalue weighted by Crippen LogP contribution is 2.31. The molecule has 0 aliphatic heterocycles. The predicted octanol–water partition coefficient (Wildman–Crippen LogP) is 4.22. The number of thioether (sulfide) groups is 1. The van der Waals surface area contributed by atoms with Crippen LogP contribution in [-0.4, -0.2) is 30.1 Å². The first kappa shape index (κ1) is 16.0. The van der Waals surface area contributed by atoms with Crippen molar-refractivity contribution in [1.29, 1.82) is 0 Å². The molecule has 0 unspecified atom stereocenters. The van der Waals surface area contributed by atoms with Crippen molar-refractivity contribution in [3.8, 4) is 0 Å². The lowest BCUT2D eigenvalue weighted by Gasteiger charge is -2.13. The molecule has 1 amide bonds. The summed E-state index contributed by atoms with van der Waals surface area (Å²) in [5.41, 5.74) is 2.82. The molecule has 0 saturated heterocycles. The van der Waals surface area contributed by atoms with Gasteiger partial charge in [0.05, 0.1) is 17.3 Å². The van der Waals surface area contributed by atoms with E-state index >= 15 is 0 Å². The van der Waals surface area contributed by atoms with Crippen LogP contribution in [0.4, 0.5) is 0 Å². The molecule has 0 aliphatic rings. The number of benzene rings is 2. The predicted molar refractivity (Wildman–Crippen MR) is 94.7 cm³/mol. The Kier molecular flexibility index (Phi) is 4.95. The SMILES string of the molecule is CON(C)C(=O)c1ccc(CSc2nc3ccccc3s2)cc1. The summed E-state index contributed by atoms with van der Waals surface area (Å²) in [5.74, 6) is 0.673. The van der Waals surface area contributed by atoms with Gasteiger partial charge in [0.25, 0.3) is 5.91 Å². The van der Waals surface area contributed by atoms with Gasteiger partial charge in [-0.3, -0.25) is 9.63 Å². The molecule has 0 saturated carbocycles. The number of rotatable bonds is 5. The van der Waals surface area contributed by atoms with Crippen LogP contribution in [0, 0.1) is 0 Å². The van der Waals surface area contributed by atoms with Gasteiger partial charge < -0.3 is 0 Å². The van der Waals surface area contributed by atoms with Gasteiger partial charge >= 0.3 is 0 Å². The standard InChI is InChI=1S/C17H16N2O2S2/c1-19(21-2)16(20)13-9-7-12(8-10-13)11-22-17-18-14-5-3-4-6-15(14)23-17/h3-10H,11H2,1-2H3. The molecule has 0 spiro atoms. The number of amides is 1. The number of hydroxylamine groups is 2. The second-order valence-electron chi connectivity index (χ2n) is 4.92. The molecule has 23 heavy (non-hydrogen) atoms. The zero-order chi connectivity index (χ0) is 16.2. The van der Waals surface area contributed by atoms with Crippen molar-refractivity contribution in [3.05, 3.63) is 59.7 Å². The van der Waals surface area contributed by atoms with Gasteiger partial charge in [0.15, 0.2) is 4.34 Å². The molecule has 2 aromatic carbocycles. The third-order valence-corrected chi connectivity index (χ3v) is 5.65. The van der Waals surface area contributed by atoms with Crippen LogP contribution in [-0.2, 0) is 10.6 Å². The van der Waals surface area contributed by atoms with E-state index in [0.29, 0.717) is 5.56 Å². The van der Waals surface area contributed by atoms with Gasteiger partial charge in [0, 0.05) is 18.4 Å².